The highest BCUT2D eigenvalue weighted by Crippen LogP contribution is 2.24. The van der Waals surface area contributed by atoms with Crippen molar-refractivity contribution in [3.63, 3.8) is 0 Å². The lowest BCUT2D eigenvalue weighted by Gasteiger charge is -2.15. The van der Waals surface area contributed by atoms with E-state index in [1.807, 2.05) is 18.2 Å². The fraction of sp³-hybridized carbons (Fsp3) is 0.294. The van der Waals surface area contributed by atoms with E-state index in [1.54, 1.807) is 19.2 Å². The summed E-state index contributed by atoms with van der Waals surface area (Å²) in [7, 11) is 1.65. The second-order valence-corrected chi connectivity index (χ2v) is 6.18. The van der Waals surface area contributed by atoms with Gasteiger partial charge >= 0.3 is 0 Å². The van der Waals surface area contributed by atoms with Crippen LogP contribution < -0.4 is 4.74 Å². The molecule has 1 atom stereocenters. The molecule has 2 rings (SSSR count). The first-order chi connectivity index (χ1) is 10.1. The molecule has 1 unspecified atom stereocenters. The van der Waals surface area contributed by atoms with Crippen LogP contribution in [-0.2, 0) is 12.8 Å². The lowest BCUT2D eigenvalue weighted by molar-refractivity contribution is 0.414. The van der Waals surface area contributed by atoms with Gasteiger partial charge < -0.3 is 4.74 Å². The average molecular weight is 372 g/mol. The topological polar surface area (TPSA) is 9.23 Å². The molecule has 0 radical (unpaired) electrons. The molecule has 0 saturated heterocycles. The molecule has 0 saturated carbocycles. The number of hydrogen-bond acceptors (Lipinski definition) is 1. The maximum atomic E-state index is 13.4. The van der Waals surface area contributed by atoms with Gasteiger partial charge in [0.1, 0.15) is 11.6 Å². The summed E-state index contributed by atoms with van der Waals surface area (Å²) in [4.78, 5) is 0. The Labute approximate surface area is 138 Å². The van der Waals surface area contributed by atoms with Crippen LogP contribution in [-0.4, -0.2) is 13.0 Å². The van der Waals surface area contributed by atoms with E-state index < -0.39 is 0 Å². The summed E-state index contributed by atoms with van der Waals surface area (Å²) in [5, 5.41) is 0. The number of alkyl halides is 1. The Balaban J connectivity index is 2.10. The Bertz CT molecular complexity index is 603. The van der Waals surface area contributed by atoms with Gasteiger partial charge in [-0.25, -0.2) is 4.39 Å². The van der Waals surface area contributed by atoms with E-state index in [4.69, 9.17) is 16.3 Å². The van der Waals surface area contributed by atoms with Gasteiger partial charge in [-0.1, -0.05) is 28.1 Å². The Hall–Kier alpha value is -1.06. The first-order valence-corrected chi connectivity index (χ1v) is 8.08. The molecule has 4 heteroatoms. The summed E-state index contributed by atoms with van der Waals surface area (Å²) in [5.41, 5.74) is 2.12. The minimum Gasteiger partial charge on any atom is -0.497 e. The largest absolute Gasteiger partial charge is 0.497 e. The van der Waals surface area contributed by atoms with Crippen LogP contribution in [0, 0.1) is 11.7 Å². The van der Waals surface area contributed by atoms with Gasteiger partial charge in [0, 0.05) is 10.4 Å². The highest BCUT2D eigenvalue weighted by Gasteiger charge is 2.13. The summed E-state index contributed by atoms with van der Waals surface area (Å²) in [6.07, 6.45) is 1.57. The van der Waals surface area contributed by atoms with Crippen LogP contribution in [0.2, 0.25) is 0 Å². The molecule has 2 aromatic rings. The zero-order valence-corrected chi connectivity index (χ0v) is 14.1. The number of ether oxygens (including phenoxy) is 1. The molecule has 2 aromatic carbocycles. The van der Waals surface area contributed by atoms with Crippen molar-refractivity contribution in [2.45, 2.75) is 12.8 Å². The van der Waals surface area contributed by atoms with Crippen LogP contribution in [0.15, 0.2) is 46.9 Å². The lowest BCUT2D eigenvalue weighted by atomic mass is 9.94. The van der Waals surface area contributed by atoms with Gasteiger partial charge in [0.15, 0.2) is 0 Å². The van der Waals surface area contributed by atoms with Crippen LogP contribution in [0.5, 0.6) is 5.75 Å². The number of hydrogen-bond donors (Lipinski definition) is 0. The summed E-state index contributed by atoms with van der Waals surface area (Å²) in [6.45, 7) is 0. The quantitative estimate of drug-likeness (QED) is 0.631. The summed E-state index contributed by atoms with van der Waals surface area (Å²) in [6, 6.07) is 12.7. The third-order valence-corrected chi connectivity index (χ3v) is 4.60. The molecule has 0 amide bonds. The first kappa shape index (κ1) is 16.3. The molecule has 21 heavy (non-hydrogen) atoms. The molecule has 0 aliphatic heterocycles. The molecule has 112 valence electrons. The first-order valence-electron chi connectivity index (χ1n) is 6.75. The second kappa shape index (κ2) is 7.81. The van der Waals surface area contributed by atoms with E-state index in [1.165, 1.54) is 11.6 Å². The second-order valence-electron chi connectivity index (χ2n) is 5.02. The van der Waals surface area contributed by atoms with Crippen LogP contribution in [0.4, 0.5) is 4.39 Å². The molecule has 0 aromatic heterocycles. The minimum absolute atomic E-state index is 0.220. The van der Waals surface area contributed by atoms with Crippen LogP contribution >= 0.6 is 27.5 Å². The molecular formula is C17H17BrClFO. The van der Waals surface area contributed by atoms with Crippen LogP contribution in [0.25, 0.3) is 0 Å². The normalized spacial score (nSPS) is 12.2. The number of benzene rings is 2. The van der Waals surface area contributed by atoms with Gasteiger partial charge in [-0.15, -0.1) is 11.6 Å². The predicted molar refractivity (Wildman–Crippen MR) is 88.7 cm³/mol. The fourth-order valence-electron chi connectivity index (χ4n) is 2.32. The van der Waals surface area contributed by atoms with E-state index in [0.717, 1.165) is 28.6 Å². The zero-order valence-electron chi connectivity index (χ0n) is 11.8. The zero-order chi connectivity index (χ0) is 15.2. The van der Waals surface area contributed by atoms with Crippen molar-refractivity contribution >= 4 is 27.5 Å². The van der Waals surface area contributed by atoms with Gasteiger partial charge in [-0.3, -0.25) is 0 Å². The number of methoxy groups -OCH3 is 1. The smallest absolute Gasteiger partial charge is 0.123 e. The molecule has 0 fully saturated rings. The van der Waals surface area contributed by atoms with Crippen LogP contribution in [0.1, 0.15) is 11.1 Å². The number of rotatable bonds is 6. The van der Waals surface area contributed by atoms with E-state index in [9.17, 15) is 4.39 Å². The Morgan fingerprint density at radius 3 is 2.71 bits per heavy atom. The lowest BCUT2D eigenvalue weighted by Crippen LogP contribution is -2.11. The van der Waals surface area contributed by atoms with Crippen molar-refractivity contribution in [1.82, 2.24) is 0 Å². The molecule has 0 spiro atoms. The summed E-state index contributed by atoms with van der Waals surface area (Å²) >= 11 is 9.56. The van der Waals surface area contributed by atoms with Gasteiger partial charge in [-0.05, 0) is 60.2 Å². The minimum atomic E-state index is -0.220. The molecule has 0 heterocycles. The average Bonchev–Trinajstić information content (AvgIpc) is 2.50. The SMILES string of the molecule is COc1cccc(CC(CCl)Cc2cc(F)ccc2Br)c1. The van der Waals surface area contributed by atoms with E-state index >= 15 is 0 Å². The van der Waals surface area contributed by atoms with E-state index in [-0.39, 0.29) is 11.7 Å². The Kier molecular flexibility index (Phi) is 6.07. The predicted octanol–water partition coefficient (Wildman–Crippen LogP) is 5.24. The standard InChI is InChI=1S/C17H17BrClFO/c1-21-16-4-2-3-12(9-16)7-13(11-19)8-14-10-15(20)5-6-17(14)18/h2-6,9-10,13H,7-8,11H2,1H3. The van der Waals surface area contributed by atoms with Crippen molar-refractivity contribution in [2.75, 3.05) is 13.0 Å². The van der Waals surface area contributed by atoms with Crippen molar-refractivity contribution in [3.8, 4) is 5.75 Å². The van der Waals surface area contributed by atoms with Gasteiger partial charge in [0.25, 0.3) is 0 Å². The molecule has 0 aliphatic carbocycles. The van der Waals surface area contributed by atoms with E-state index in [2.05, 4.69) is 22.0 Å². The molecule has 0 N–H and O–H groups in total. The highest BCUT2D eigenvalue weighted by molar-refractivity contribution is 9.10. The van der Waals surface area contributed by atoms with E-state index in [0.29, 0.717) is 5.88 Å². The van der Waals surface area contributed by atoms with Crippen LogP contribution in [0.3, 0.4) is 0 Å². The highest BCUT2D eigenvalue weighted by atomic mass is 79.9. The fourth-order valence-corrected chi connectivity index (χ4v) is 2.95. The van der Waals surface area contributed by atoms with Crippen molar-refractivity contribution in [1.29, 1.82) is 0 Å². The Morgan fingerprint density at radius 2 is 2.00 bits per heavy atom. The third kappa shape index (κ3) is 4.72. The maximum Gasteiger partial charge on any atom is 0.123 e. The van der Waals surface area contributed by atoms with Gasteiger partial charge in [0.05, 0.1) is 7.11 Å². The third-order valence-electron chi connectivity index (χ3n) is 3.39. The van der Waals surface area contributed by atoms with Crippen molar-refractivity contribution in [3.05, 3.63) is 63.9 Å². The number of halogens is 3. The summed E-state index contributed by atoms with van der Waals surface area (Å²) < 4.78 is 19.5. The maximum absolute atomic E-state index is 13.4. The monoisotopic (exact) mass is 370 g/mol. The Morgan fingerprint density at radius 1 is 1.19 bits per heavy atom. The molecular weight excluding hydrogens is 355 g/mol. The van der Waals surface area contributed by atoms with Gasteiger partial charge in [0.2, 0.25) is 0 Å². The van der Waals surface area contributed by atoms with Crippen molar-refractivity contribution in [2.24, 2.45) is 5.92 Å². The summed E-state index contributed by atoms with van der Waals surface area (Å²) in [5.74, 6) is 1.40. The van der Waals surface area contributed by atoms with Gasteiger partial charge in [-0.2, -0.15) is 0 Å². The molecule has 1 nitrogen and oxygen atoms in total. The molecule has 0 aliphatic rings. The van der Waals surface area contributed by atoms with Crippen molar-refractivity contribution < 1.29 is 9.13 Å². The molecule has 0 bridgehead atoms.